The van der Waals surface area contributed by atoms with Gasteiger partial charge in [-0.1, -0.05) is 72.6 Å². The minimum Gasteiger partial charge on any atom is -0.283 e. The molecule has 1 aliphatic carbocycles. The fourth-order valence-corrected chi connectivity index (χ4v) is 4.90. The molecule has 0 radical (unpaired) electrons. The number of nitrogens with one attached hydrogen (secondary N) is 1. The second-order valence-corrected chi connectivity index (χ2v) is 8.53. The van der Waals surface area contributed by atoms with E-state index >= 15 is 0 Å². The quantitative estimate of drug-likeness (QED) is 0.474. The third-order valence-corrected chi connectivity index (χ3v) is 6.73. The van der Waals surface area contributed by atoms with Gasteiger partial charge in [0.05, 0.1) is 0 Å². The third-order valence-electron chi connectivity index (χ3n) is 6.73. The van der Waals surface area contributed by atoms with Crippen molar-refractivity contribution in [2.24, 2.45) is 28.8 Å². The molecule has 1 N–H and O–H groups in total. The molecule has 1 fully saturated rings. The Morgan fingerprint density at radius 2 is 1.84 bits per heavy atom. The van der Waals surface area contributed by atoms with Crippen LogP contribution in [0.25, 0.3) is 0 Å². The Bertz CT molecular complexity index is 437. The van der Waals surface area contributed by atoms with Gasteiger partial charge in [-0.15, -0.1) is 0 Å². The molecule has 4 atom stereocenters. The lowest BCUT2D eigenvalue weighted by molar-refractivity contribution is 0.270. The van der Waals surface area contributed by atoms with E-state index in [9.17, 15) is 0 Å². The summed E-state index contributed by atoms with van der Waals surface area (Å²) in [6.45, 7) is 9.48. The fourth-order valence-electron chi connectivity index (χ4n) is 4.90. The normalized spacial score (nSPS) is 26.4. The number of unbranched alkanes of at least 4 members (excludes halogenated alkanes) is 2. The summed E-state index contributed by atoms with van der Waals surface area (Å²) < 4.78 is 0. The zero-order valence-corrected chi connectivity index (χ0v) is 17.3. The highest BCUT2D eigenvalue weighted by atomic mass is 15.3. The summed E-state index contributed by atoms with van der Waals surface area (Å²) >= 11 is 0. The zero-order chi connectivity index (χ0) is 18.1. The zero-order valence-electron chi connectivity index (χ0n) is 17.3. The van der Waals surface area contributed by atoms with Crippen LogP contribution in [-0.4, -0.2) is 6.21 Å². The van der Waals surface area contributed by atoms with Gasteiger partial charge in [0.1, 0.15) is 0 Å². The van der Waals surface area contributed by atoms with Crippen LogP contribution in [0.4, 0.5) is 0 Å². The standard InChI is InChI=1S/C23H42N2/c1-5-8-11-18(4)20-13-10-14-21-17-24-25-23(22(21)16-15-20)19(7-3)12-9-6-2/h17-21,25H,5-16H2,1-4H3. The summed E-state index contributed by atoms with van der Waals surface area (Å²) in [6, 6.07) is 0. The molecule has 0 spiro atoms. The second kappa shape index (κ2) is 11.0. The van der Waals surface area contributed by atoms with Crippen LogP contribution in [0.1, 0.15) is 105 Å². The van der Waals surface area contributed by atoms with E-state index in [4.69, 9.17) is 0 Å². The number of hydrogen-bond acceptors (Lipinski definition) is 2. The van der Waals surface area contributed by atoms with Crippen LogP contribution in [0.15, 0.2) is 16.4 Å². The van der Waals surface area contributed by atoms with Crippen LogP contribution in [0, 0.1) is 23.7 Å². The SMILES string of the molecule is CCCCC(CC)C1=C2CCC(C(C)CCCC)CCCC2C=NN1. The maximum atomic E-state index is 4.55. The predicted octanol–water partition coefficient (Wildman–Crippen LogP) is 7.07. The molecule has 0 saturated heterocycles. The van der Waals surface area contributed by atoms with Crippen molar-refractivity contribution in [1.82, 2.24) is 5.43 Å². The van der Waals surface area contributed by atoms with Crippen molar-refractivity contribution in [3.63, 3.8) is 0 Å². The predicted molar refractivity (Wildman–Crippen MR) is 111 cm³/mol. The molecule has 0 bridgehead atoms. The van der Waals surface area contributed by atoms with Crippen LogP contribution < -0.4 is 5.43 Å². The van der Waals surface area contributed by atoms with E-state index in [1.807, 2.05) is 0 Å². The molecule has 144 valence electrons. The van der Waals surface area contributed by atoms with E-state index < -0.39 is 0 Å². The topological polar surface area (TPSA) is 24.4 Å². The summed E-state index contributed by atoms with van der Waals surface area (Å²) in [7, 11) is 0. The van der Waals surface area contributed by atoms with Crippen molar-refractivity contribution < 1.29 is 0 Å². The summed E-state index contributed by atoms with van der Waals surface area (Å²) in [6.07, 6.45) is 18.3. The van der Waals surface area contributed by atoms with Crippen molar-refractivity contribution in [3.8, 4) is 0 Å². The molecule has 2 nitrogen and oxygen atoms in total. The lowest BCUT2D eigenvalue weighted by Gasteiger charge is -2.34. The van der Waals surface area contributed by atoms with Crippen LogP contribution in [0.5, 0.6) is 0 Å². The molecule has 1 aliphatic heterocycles. The molecule has 2 rings (SSSR count). The van der Waals surface area contributed by atoms with Crippen molar-refractivity contribution in [2.45, 2.75) is 105 Å². The lowest BCUT2D eigenvalue weighted by Crippen LogP contribution is -2.28. The third kappa shape index (κ3) is 5.86. The first-order chi connectivity index (χ1) is 12.2. The monoisotopic (exact) mass is 346 g/mol. The molecule has 4 unspecified atom stereocenters. The van der Waals surface area contributed by atoms with Gasteiger partial charge in [0.2, 0.25) is 0 Å². The Hall–Kier alpha value is -0.790. The number of rotatable bonds is 9. The van der Waals surface area contributed by atoms with E-state index in [1.54, 1.807) is 5.57 Å². The molecule has 0 aromatic rings. The first-order valence-electron chi connectivity index (χ1n) is 11.2. The van der Waals surface area contributed by atoms with Crippen LogP contribution >= 0.6 is 0 Å². The summed E-state index contributed by atoms with van der Waals surface area (Å²) in [4.78, 5) is 0. The van der Waals surface area contributed by atoms with Gasteiger partial charge in [0, 0.05) is 23.7 Å². The Morgan fingerprint density at radius 3 is 2.56 bits per heavy atom. The average Bonchev–Trinajstić information content (AvgIpc) is 2.61. The van der Waals surface area contributed by atoms with Gasteiger partial charge in [0.15, 0.2) is 0 Å². The van der Waals surface area contributed by atoms with E-state index in [-0.39, 0.29) is 0 Å². The molecule has 0 aromatic carbocycles. The number of allylic oxidation sites excluding steroid dienone is 2. The Kier molecular flexibility index (Phi) is 9.06. The maximum absolute atomic E-state index is 4.55. The first-order valence-corrected chi connectivity index (χ1v) is 11.2. The minimum absolute atomic E-state index is 0.610. The highest BCUT2D eigenvalue weighted by Crippen LogP contribution is 2.38. The molecule has 1 heterocycles. The van der Waals surface area contributed by atoms with Gasteiger partial charge < -0.3 is 0 Å². The Labute approximate surface area is 156 Å². The number of fused-ring (bicyclic) bond motifs is 1. The molecule has 0 aromatic heterocycles. The van der Waals surface area contributed by atoms with Crippen LogP contribution in [-0.2, 0) is 0 Å². The summed E-state index contributed by atoms with van der Waals surface area (Å²) in [5.41, 5.74) is 6.67. The molecule has 25 heavy (non-hydrogen) atoms. The average molecular weight is 347 g/mol. The van der Waals surface area contributed by atoms with E-state index in [1.165, 1.54) is 82.7 Å². The van der Waals surface area contributed by atoms with Crippen LogP contribution in [0.3, 0.4) is 0 Å². The minimum atomic E-state index is 0.610. The lowest BCUT2D eigenvalue weighted by atomic mass is 9.75. The highest BCUT2D eigenvalue weighted by Gasteiger charge is 2.28. The van der Waals surface area contributed by atoms with Crippen molar-refractivity contribution in [3.05, 3.63) is 11.3 Å². The number of hydrazone groups is 1. The number of nitrogens with zero attached hydrogens (tertiary/aromatic N) is 1. The second-order valence-electron chi connectivity index (χ2n) is 8.53. The maximum Gasteiger partial charge on any atom is 0.0365 e. The van der Waals surface area contributed by atoms with E-state index in [0.29, 0.717) is 11.8 Å². The molecule has 0 amide bonds. The number of hydrogen-bond donors (Lipinski definition) is 1. The van der Waals surface area contributed by atoms with Crippen molar-refractivity contribution in [2.75, 3.05) is 0 Å². The van der Waals surface area contributed by atoms with E-state index in [2.05, 4.69) is 44.4 Å². The van der Waals surface area contributed by atoms with Gasteiger partial charge >= 0.3 is 0 Å². The molecule has 1 saturated carbocycles. The first kappa shape index (κ1) is 20.5. The van der Waals surface area contributed by atoms with E-state index in [0.717, 1.165) is 11.8 Å². The molecule has 2 aliphatic rings. The Balaban J connectivity index is 2.09. The Morgan fingerprint density at radius 1 is 1.08 bits per heavy atom. The van der Waals surface area contributed by atoms with Crippen molar-refractivity contribution in [1.29, 1.82) is 0 Å². The summed E-state index contributed by atoms with van der Waals surface area (Å²) in [5, 5.41) is 4.55. The molecular weight excluding hydrogens is 304 g/mol. The highest BCUT2D eigenvalue weighted by molar-refractivity contribution is 5.67. The van der Waals surface area contributed by atoms with Gasteiger partial charge in [-0.2, -0.15) is 5.10 Å². The van der Waals surface area contributed by atoms with Crippen LogP contribution in [0.2, 0.25) is 0 Å². The smallest absolute Gasteiger partial charge is 0.0365 e. The van der Waals surface area contributed by atoms with Crippen molar-refractivity contribution >= 4 is 6.21 Å². The fraction of sp³-hybridized carbons (Fsp3) is 0.870. The summed E-state index contributed by atoms with van der Waals surface area (Å²) in [5.74, 6) is 3.12. The molecular formula is C23H42N2. The largest absolute Gasteiger partial charge is 0.283 e. The van der Waals surface area contributed by atoms with Gasteiger partial charge in [-0.3, -0.25) is 5.43 Å². The molecule has 2 heteroatoms. The van der Waals surface area contributed by atoms with Gasteiger partial charge in [-0.05, 0) is 49.5 Å². The van der Waals surface area contributed by atoms with Gasteiger partial charge in [-0.25, -0.2) is 0 Å². The van der Waals surface area contributed by atoms with Gasteiger partial charge in [0.25, 0.3) is 0 Å².